The summed E-state index contributed by atoms with van der Waals surface area (Å²) < 4.78 is 0. The van der Waals surface area contributed by atoms with Gasteiger partial charge in [-0.05, 0) is 38.0 Å². The molecule has 1 amide bonds. The van der Waals surface area contributed by atoms with E-state index in [0.717, 1.165) is 32.4 Å². The van der Waals surface area contributed by atoms with E-state index in [-0.39, 0.29) is 11.8 Å². The molecule has 18 heavy (non-hydrogen) atoms. The van der Waals surface area contributed by atoms with Gasteiger partial charge in [-0.3, -0.25) is 9.59 Å². The van der Waals surface area contributed by atoms with Gasteiger partial charge in [-0.2, -0.15) is 0 Å². The van der Waals surface area contributed by atoms with Crippen LogP contribution in [-0.2, 0) is 9.59 Å². The van der Waals surface area contributed by atoms with Crippen molar-refractivity contribution in [2.24, 2.45) is 17.8 Å². The Balaban J connectivity index is 1.99. The van der Waals surface area contributed by atoms with Gasteiger partial charge in [-0.25, -0.2) is 0 Å². The monoisotopic (exact) mass is 253 g/mol. The van der Waals surface area contributed by atoms with Crippen LogP contribution in [0.4, 0.5) is 0 Å². The van der Waals surface area contributed by atoms with Gasteiger partial charge in [-0.1, -0.05) is 13.3 Å². The summed E-state index contributed by atoms with van der Waals surface area (Å²) in [4.78, 5) is 25.6. The Labute approximate surface area is 108 Å². The number of amides is 1. The minimum Gasteiger partial charge on any atom is -0.481 e. The van der Waals surface area contributed by atoms with Crippen LogP contribution in [-0.4, -0.2) is 35.0 Å². The zero-order chi connectivity index (χ0) is 13.1. The van der Waals surface area contributed by atoms with Crippen LogP contribution in [0.1, 0.15) is 45.4 Å². The SMILES string of the molecule is CCCN(CC1CC1)C(=O)[C@@H]1CCC[C@@H]1C(=O)O. The summed E-state index contributed by atoms with van der Waals surface area (Å²) in [6, 6.07) is 0. The summed E-state index contributed by atoms with van der Waals surface area (Å²) >= 11 is 0. The predicted octanol–water partition coefficient (Wildman–Crippen LogP) is 2.14. The van der Waals surface area contributed by atoms with Crippen molar-refractivity contribution >= 4 is 11.9 Å². The lowest BCUT2D eigenvalue weighted by atomic mass is 9.94. The Bertz CT molecular complexity index is 325. The zero-order valence-electron chi connectivity index (χ0n) is 11.1. The average molecular weight is 253 g/mol. The molecule has 0 aliphatic heterocycles. The predicted molar refractivity (Wildman–Crippen MR) is 68.1 cm³/mol. The second-order valence-corrected chi connectivity index (χ2v) is 5.71. The maximum Gasteiger partial charge on any atom is 0.307 e. The van der Waals surface area contributed by atoms with Gasteiger partial charge in [-0.15, -0.1) is 0 Å². The van der Waals surface area contributed by atoms with Crippen LogP contribution in [0.25, 0.3) is 0 Å². The van der Waals surface area contributed by atoms with Gasteiger partial charge in [0, 0.05) is 13.1 Å². The van der Waals surface area contributed by atoms with Gasteiger partial charge in [0.15, 0.2) is 0 Å². The molecule has 0 aromatic heterocycles. The Kier molecular flexibility index (Phi) is 4.25. The number of carboxylic acid groups (broad SMARTS) is 1. The fraction of sp³-hybridized carbons (Fsp3) is 0.857. The normalized spacial score (nSPS) is 27.2. The highest BCUT2D eigenvalue weighted by atomic mass is 16.4. The molecule has 2 rings (SSSR count). The Morgan fingerprint density at radius 3 is 2.39 bits per heavy atom. The number of nitrogens with zero attached hydrogens (tertiary/aromatic N) is 1. The molecule has 2 aliphatic carbocycles. The molecule has 2 fully saturated rings. The van der Waals surface area contributed by atoms with Crippen molar-refractivity contribution in [3.63, 3.8) is 0 Å². The number of carboxylic acids is 1. The minimum atomic E-state index is -0.797. The molecule has 0 aromatic carbocycles. The van der Waals surface area contributed by atoms with Crippen molar-refractivity contribution in [3.8, 4) is 0 Å². The Hall–Kier alpha value is -1.06. The van der Waals surface area contributed by atoms with E-state index in [9.17, 15) is 9.59 Å². The molecular weight excluding hydrogens is 230 g/mol. The summed E-state index contributed by atoms with van der Waals surface area (Å²) in [5.74, 6) is -0.753. The van der Waals surface area contributed by atoms with Crippen LogP contribution in [0.15, 0.2) is 0 Å². The van der Waals surface area contributed by atoms with Crippen molar-refractivity contribution in [2.75, 3.05) is 13.1 Å². The number of carbonyl (C=O) groups excluding carboxylic acids is 1. The summed E-state index contributed by atoms with van der Waals surface area (Å²) in [5.41, 5.74) is 0. The van der Waals surface area contributed by atoms with E-state index in [4.69, 9.17) is 5.11 Å². The average Bonchev–Trinajstić information content (AvgIpc) is 3.01. The Morgan fingerprint density at radius 1 is 1.17 bits per heavy atom. The van der Waals surface area contributed by atoms with E-state index in [1.54, 1.807) is 0 Å². The highest BCUT2D eigenvalue weighted by Gasteiger charge is 2.40. The first kappa shape index (κ1) is 13.4. The molecule has 2 aliphatic rings. The van der Waals surface area contributed by atoms with Crippen LogP contribution in [0.3, 0.4) is 0 Å². The van der Waals surface area contributed by atoms with Crippen molar-refractivity contribution in [3.05, 3.63) is 0 Å². The van der Waals surface area contributed by atoms with Crippen molar-refractivity contribution in [2.45, 2.75) is 45.4 Å². The van der Waals surface area contributed by atoms with E-state index >= 15 is 0 Å². The van der Waals surface area contributed by atoms with Crippen molar-refractivity contribution in [1.29, 1.82) is 0 Å². The molecule has 0 radical (unpaired) electrons. The second-order valence-electron chi connectivity index (χ2n) is 5.71. The van der Waals surface area contributed by atoms with Crippen molar-refractivity contribution in [1.82, 2.24) is 4.90 Å². The third-order valence-corrected chi connectivity index (χ3v) is 4.13. The lowest BCUT2D eigenvalue weighted by Crippen LogP contribution is -2.40. The number of hydrogen-bond donors (Lipinski definition) is 1. The van der Waals surface area contributed by atoms with Crippen molar-refractivity contribution < 1.29 is 14.7 Å². The number of hydrogen-bond acceptors (Lipinski definition) is 2. The summed E-state index contributed by atoms with van der Waals surface area (Å²) in [6.45, 7) is 3.68. The largest absolute Gasteiger partial charge is 0.481 e. The van der Waals surface area contributed by atoms with Crippen LogP contribution in [0.2, 0.25) is 0 Å². The summed E-state index contributed by atoms with van der Waals surface area (Å²) in [5, 5.41) is 9.17. The van der Waals surface area contributed by atoms with E-state index in [2.05, 4.69) is 6.92 Å². The first-order valence-electron chi connectivity index (χ1n) is 7.15. The van der Waals surface area contributed by atoms with Gasteiger partial charge in [0.2, 0.25) is 5.91 Å². The third-order valence-electron chi connectivity index (χ3n) is 4.13. The zero-order valence-corrected chi connectivity index (χ0v) is 11.1. The highest BCUT2D eigenvalue weighted by Crippen LogP contribution is 2.35. The molecule has 0 aromatic rings. The fourth-order valence-corrected chi connectivity index (χ4v) is 2.96. The smallest absolute Gasteiger partial charge is 0.307 e. The fourth-order valence-electron chi connectivity index (χ4n) is 2.96. The quantitative estimate of drug-likeness (QED) is 0.789. The molecule has 0 bridgehead atoms. The third kappa shape index (κ3) is 3.03. The molecule has 4 nitrogen and oxygen atoms in total. The van der Waals surface area contributed by atoms with Gasteiger partial charge in [0.1, 0.15) is 0 Å². The second kappa shape index (κ2) is 5.72. The van der Waals surface area contributed by atoms with E-state index in [0.29, 0.717) is 12.3 Å². The van der Waals surface area contributed by atoms with Crippen LogP contribution in [0, 0.1) is 17.8 Å². The summed E-state index contributed by atoms with van der Waals surface area (Å²) in [6.07, 6.45) is 5.68. The maximum atomic E-state index is 12.5. The number of aliphatic carboxylic acids is 1. The maximum absolute atomic E-state index is 12.5. The molecule has 1 N–H and O–H groups in total. The highest BCUT2D eigenvalue weighted by molar-refractivity contribution is 5.85. The van der Waals surface area contributed by atoms with Gasteiger partial charge in [0.05, 0.1) is 11.8 Å². The Morgan fingerprint density at radius 2 is 1.83 bits per heavy atom. The molecule has 0 spiro atoms. The van der Waals surface area contributed by atoms with Gasteiger partial charge < -0.3 is 10.0 Å². The van der Waals surface area contributed by atoms with Crippen LogP contribution in [0.5, 0.6) is 0 Å². The molecule has 2 atom stereocenters. The number of carbonyl (C=O) groups is 2. The van der Waals surface area contributed by atoms with Crippen LogP contribution < -0.4 is 0 Å². The topological polar surface area (TPSA) is 57.6 Å². The van der Waals surface area contributed by atoms with Gasteiger partial charge >= 0.3 is 5.97 Å². The first-order valence-corrected chi connectivity index (χ1v) is 7.15. The molecule has 4 heteroatoms. The minimum absolute atomic E-state index is 0.0913. The molecule has 0 saturated heterocycles. The van der Waals surface area contributed by atoms with E-state index < -0.39 is 11.9 Å². The molecule has 102 valence electrons. The molecular formula is C14H23NO3. The lowest BCUT2D eigenvalue weighted by Gasteiger charge is -2.27. The van der Waals surface area contributed by atoms with Gasteiger partial charge in [0.25, 0.3) is 0 Å². The molecule has 0 heterocycles. The van der Waals surface area contributed by atoms with Crippen LogP contribution >= 0.6 is 0 Å². The standard InChI is InChI=1S/C14H23NO3/c1-2-8-15(9-10-6-7-10)13(16)11-4-3-5-12(11)14(17)18/h10-12H,2-9H2,1H3,(H,17,18)/t11-,12+/m1/s1. The lowest BCUT2D eigenvalue weighted by molar-refractivity contribution is -0.149. The van der Waals surface area contributed by atoms with E-state index in [1.807, 2.05) is 4.90 Å². The first-order chi connectivity index (χ1) is 8.63. The summed E-state index contributed by atoms with van der Waals surface area (Å²) in [7, 11) is 0. The van der Waals surface area contributed by atoms with E-state index in [1.165, 1.54) is 12.8 Å². The number of rotatable bonds is 6. The molecule has 0 unspecified atom stereocenters. The molecule has 2 saturated carbocycles.